The van der Waals surface area contributed by atoms with E-state index in [9.17, 15) is 31.5 Å². The van der Waals surface area contributed by atoms with Crippen LogP contribution in [0.15, 0.2) is 36.5 Å². The summed E-state index contributed by atoms with van der Waals surface area (Å²) in [6.45, 7) is 1.41. The number of aryl methyl sites for hydroxylation is 1. The second kappa shape index (κ2) is 6.95. The average molecular weight is 397 g/mol. The molecule has 10 heteroatoms. The highest BCUT2D eigenvalue weighted by Crippen LogP contribution is 2.32. The minimum Gasteiger partial charge on any atom is -0.359 e. The second-order valence-electron chi connectivity index (χ2n) is 6.01. The summed E-state index contributed by atoms with van der Waals surface area (Å²) in [4.78, 5) is 26.7. The van der Waals surface area contributed by atoms with Crippen LogP contribution in [-0.4, -0.2) is 16.8 Å². The fourth-order valence-electron chi connectivity index (χ4n) is 2.61. The summed E-state index contributed by atoms with van der Waals surface area (Å²) in [5.74, 6) is -4.66. The van der Waals surface area contributed by atoms with E-state index < -0.39 is 35.2 Å². The summed E-state index contributed by atoms with van der Waals surface area (Å²) in [6.07, 6.45) is -3.39. The number of carbonyl (C=O) groups excluding carboxylic acids is 2. The van der Waals surface area contributed by atoms with E-state index in [0.717, 1.165) is 18.2 Å². The molecule has 3 rings (SSSR count). The molecule has 0 spiro atoms. The highest BCUT2D eigenvalue weighted by molar-refractivity contribution is 6.44. The first-order valence-electron chi connectivity index (χ1n) is 7.82. The van der Waals surface area contributed by atoms with Crippen LogP contribution in [0.3, 0.4) is 0 Å². The first kappa shape index (κ1) is 19.3. The molecule has 0 bridgehead atoms. The Labute approximate surface area is 154 Å². The van der Waals surface area contributed by atoms with Gasteiger partial charge in [-0.3, -0.25) is 9.59 Å². The van der Waals surface area contributed by atoms with Gasteiger partial charge in [0.25, 0.3) is 0 Å². The maximum Gasteiger partial charge on any atom is 0.416 e. The topological polar surface area (TPSA) is 74.0 Å². The molecule has 1 aromatic heterocycles. The number of aromatic amines is 1. The van der Waals surface area contributed by atoms with E-state index in [1.54, 1.807) is 0 Å². The van der Waals surface area contributed by atoms with Crippen molar-refractivity contribution in [2.45, 2.75) is 13.1 Å². The Kier molecular flexibility index (Phi) is 4.80. The van der Waals surface area contributed by atoms with E-state index in [2.05, 4.69) is 15.6 Å². The highest BCUT2D eigenvalue weighted by Gasteiger charge is 2.31. The average Bonchev–Trinajstić information content (AvgIpc) is 2.95. The number of benzene rings is 2. The van der Waals surface area contributed by atoms with Crippen LogP contribution in [0.25, 0.3) is 10.9 Å². The van der Waals surface area contributed by atoms with E-state index in [-0.39, 0.29) is 27.8 Å². The molecule has 5 nitrogen and oxygen atoms in total. The van der Waals surface area contributed by atoms with Crippen LogP contribution in [0.5, 0.6) is 0 Å². The lowest BCUT2D eigenvalue weighted by atomic mass is 10.1. The quantitative estimate of drug-likeness (QED) is 0.444. The summed E-state index contributed by atoms with van der Waals surface area (Å²) in [6, 6.07) is 4.58. The third kappa shape index (κ3) is 3.95. The summed E-state index contributed by atoms with van der Waals surface area (Å²) in [5, 5.41) is 4.40. The molecular weight excluding hydrogens is 385 g/mol. The molecule has 0 saturated heterocycles. The van der Waals surface area contributed by atoms with Crippen molar-refractivity contribution in [3.8, 4) is 0 Å². The van der Waals surface area contributed by atoms with E-state index >= 15 is 0 Å². The van der Waals surface area contributed by atoms with Gasteiger partial charge in [0.2, 0.25) is 0 Å². The maximum absolute atomic E-state index is 13.4. The molecule has 28 heavy (non-hydrogen) atoms. The minimum atomic E-state index is -4.61. The Morgan fingerprint density at radius 3 is 2.25 bits per heavy atom. The minimum absolute atomic E-state index is 0.00859. The van der Waals surface area contributed by atoms with Gasteiger partial charge in [0.1, 0.15) is 0 Å². The summed E-state index contributed by atoms with van der Waals surface area (Å²) in [5.41, 5.74) is -0.756. The van der Waals surface area contributed by atoms with E-state index in [4.69, 9.17) is 0 Å². The molecule has 0 saturated carbocycles. The Morgan fingerprint density at radius 1 is 0.929 bits per heavy atom. The van der Waals surface area contributed by atoms with Crippen LogP contribution in [0, 0.1) is 18.6 Å². The SMILES string of the molecule is Cc1cc(NC(=O)C(=O)Nc2c[nH]c3cc(F)c(F)cc23)cc(C(F)(F)F)c1. The van der Waals surface area contributed by atoms with Gasteiger partial charge in [-0.05, 0) is 36.8 Å². The van der Waals surface area contributed by atoms with Gasteiger partial charge in [-0.2, -0.15) is 13.2 Å². The molecule has 2 aromatic carbocycles. The predicted octanol–water partition coefficient (Wildman–Crippen LogP) is 4.35. The highest BCUT2D eigenvalue weighted by atomic mass is 19.4. The molecule has 0 unspecified atom stereocenters. The Hall–Kier alpha value is -3.43. The van der Waals surface area contributed by atoms with E-state index in [0.29, 0.717) is 6.07 Å². The molecule has 146 valence electrons. The lowest BCUT2D eigenvalue weighted by molar-refractivity contribution is -0.137. The van der Waals surface area contributed by atoms with Crippen molar-refractivity contribution in [1.29, 1.82) is 0 Å². The van der Waals surface area contributed by atoms with Crippen molar-refractivity contribution in [3.05, 3.63) is 59.3 Å². The lowest BCUT2D eigenvalue weighted by Gasteiger charge is -2.11. The number of rotatable bonds is 2. The van der Waals surface area contributed by atoms with Crippen LogP contribution < -0.4 is 10.6 Å². The number of H-pyrrole nitrogens is 1. The molecule has 3 N–H and O–H groups in total. The normalized spacial score (nSPS) is 11.5. The second-order valence-corrected chi connectivity index (χ2v) is 6.01. The predicted molar refractivity (Wildman–Crippen MR) is 91.7 cm³/mol. The van der Waals surface area contributed by atoms with Crippen LogP contribution >= 0.6 is 0 Å². The third-order valence-corrected chi connectivity index (χ3v) is 3.84. The molecule has 3 aromatic rings. The van der Waals surface area contributed by atoms with Gasteiger partial charge < -0.3 is 15.6 Å². The van der Waals surface area contributed by atoms with Crippen molar-refractivity contribution >= 4 is 34.1 Å². The molecular formula is C18H12F5N3O2. The zero-order valence-electron chi connectivity index (χ0n) is 14.2. The van der Waals surface area contributed by atoms with Gasteiger partial charge in [0.05, 0.1) is 16.8 Å². The lowest BCUT2D eigenvalue weighted by Crippen LogP contribution is -2.29. The fourth-order valence-corrected chi connectivity index (χ4v) is 2.61. The smallest absolute Gasteiger partial charge is 0.359 e. The number of nitrogens with one attached hydrogen (secondary N) is 3. The third-order valence-electron chi connectivity index (χ3n) is 3.84. The fraction of sp³-hybridized carbons (Fsp3) is 0.111. The zero-order chi connectivity index (χ0) is 20.6. The van der Waals surface area contributed by atoms with Crippen molar-refractivity contribution in [2.75, 3.05) is 10.6 Å². The van der Waals surface area contributed by atoms with Gasteiger partial charge in [-0.1, -0.05) is 0 Å². The van der Waals surface area contributed by atoms with Gasteiger partial charge in [-0.15, -0.1) is 0 Å². The molecule has 0 radical (unpaired) electrons. The summed E-state index contributed by atoms with van der Waals surface area (Å²) in [7, 11) is 0. The van der Waals surface area contributed by atoms with Crippen molar-refractivity contribution in [1.82, 2.24) is 4.98 Å². The van der Waals surface area contributed by atoms with Crippen LogP contribution in [-0.2, 0) is 15.8 Å². The number of aromatic nitrogens is 1. The molecule has 1 heterocycles. The molecule has 0 fully saturated rings. The number of amides is 2. The van der Waals surface area contributed by atoms with Gasteiger partial charge in [-0.25, -0.2) is 8.78 Å². The Morgan fingerprint density at radius 2 is 1.57 bits per heavy atom. The van der Waals surface area contributed by atoms with Gasteiger partial charge in [0, 0.05) is 23.3 Å². The van der Waals surface area contributed by atoms with Crippen molar-refractivity contribution in [3.63, 3.8) is 0 Å². The summed E-state index contributed by atoms with van der Waals surface area (Å²) < 4.78 is 65.2. The molecule has 2 amide bonds. The Bertz CT molecular complexity index is 1090. The first-order chi connectivity index (χ1) is 13.0. The van der Waals surface area contributed by atoms with Crippen molar-refractivity contribution < 1.29 is 31.5 Å². The van der Waals surface area contributed by atoms with Crippen LogP contribution in [0.1, 0.15) is 11.1 Å². The summed E-state index contributed by atoms with van der Waals surface area (Å²) >= 11 is 0. The molecule has 0 aliphatic rings. The van der Waals surface area contributed by atoms with Gasteiger partial charge in [0.15, 0.2) is 11.6 Å². The van der Waals surface area contributed by atoms with Crippen LogP contribution in [0.4, 0.5) is 33.3 Å². The number of carbonyl (C=O) groups is 2. The molecule has 0 atom stereocenters. The number of fused-ring (bicyclic) bond motifs is 1. The molecule has 0 aliphatic heterocycles. The Balaban J connectivity index is 1.78. The number of alkyl halides is 3. The van der Waals surface area contributed by atoms with Crippen LogP contribution in [0.2, 0.25) is 0 Å². The number of halogens is 5. The first-order valence-corrected chi connectivity index (χ1v) is 7.82. The molecule has 0 aliphatic carbocycles. The largest absolute Gasteiger partial charge is 0.416 e. The number of hydrogen-bond donors (Lipinski definition) is 3. The number of hydrogen-bond acceptors (Lipinski definition) is 2. The van der Waals surface area contributed by atoms with E-state index in [1.165, 1.54) is 19.2 Å². The van der Waals surface area contributed by atoms with E-state index in [1.807, 2.05) is 0 Å². The number of anilines is 2. The standard InChI is InChI=1S/C18H12F5N3O2/c1-8-2-9(18(21,22)23)4-10(3-8)25-16(27)17(28)26-15-7-24-14-6-13(20)12(19)5-11(14)15/h2-7,24H,1H3,(H,25,27)(H,26,28). The maximum atomic E-state index is 13.4. The monoisotopic (exact) mass is 397 g/mol. The van der Waals surface area contributed by atoms with Crippen molar-refractivity contribution in [2.24, 2.45) is 0 Å². The van der Waals surface area contributed by atoms with Gasteiger partial charge >= 0.3 is 18.0 Å². The zero-order valence-corrected chi connectivity index (χ0v) is 14.2.